The molecule has 5 aliphatic heterocycles. The number of H-pyrrole nitrogens is 1. The number of nitrogens with zero attached hydrogens (tertiary/aromatic N) is 6. The first-order chi connectivity index (χ1) is 18.6. The van der Waals surface area contributed by atoms with Crippen LogP contribution < -0.4 is 0 Å². The van der Waals surface area contributed by atoms with Crippen molar-refractivity contribution in [3.05, 3.63) is 29.3 Å². The van der Waals surface area contributed by atoms with E-state index in [1.54, 1.807) is 41.1 Å². The summed E-state index contributed by atoms with van der Waals surface area (Å²) in [7, 11) is -2.32. The number of carbonyl (C=O) groups is 2. The molecule has 13 heteroatoms. The highest BCUT2D eigenvalue weighted by atomic mass is 35.5. The minimum absolute atomic E-state index is 0.0101. The lowest BCUT2D eigenvalue weighted by molar-refractivity contribution is -0.143. The van der Waals surface area contributed by atoms with Gasteiger partial charge < -0.3 is 19.7 Å². The molecule has 7 rings (SSSR count). The Hall–Kier alpha value is -2.83. The lowest BCUT2D eigenvalue weighted by atomic mass is 9.86. The van der Waals surface area contributed by atoms with Crippen LogP contribution in [0.25, 0.3) is 10.9 Å². The Labute approximate surface area is 232 Å². The van der Waals surface area contributed by atoms with Crippen molar-refractivity contribution in [2.24, 2.45) is 4.99 Å². The smallest absolute Gasteiger partial charge is 0.322 e. The van der Waals surface area contributed by atoms with Crippen molar-refractivity contribution in [3.8, 4) is 0 Å². The molecule has 2 spiro atoms. The summed E-state index contributed by atoms with van der Waals surface area (Å²) >= 11 is 6.10. The van der Waals surface area contributed by atoms with E-state index >= 15 is 0 Å². The molecule has 1 unspecified atom stereocenters. The van der Waals surface area contributed by atoms with Crippen LogP contribution in [0, 0.1) is 0 Å². The zero-order chi connectivity index (χ0) is 27.2. The van der Waals surface area contributed by atoms with Crippen LogP contribution >= 0.6 is 11.6 Å². The van der Waals surface area contributed by atoms with Crippen molar-refractivity contribution in [3.63, 3.8) is 0 Å². The van der Waals surface area contributed by atoms with E-state index in [4.69, 9.17) is 16.6 Å². The second-order valence-corrected chi connectivity index (χ2v) is 13.9. The van der Waals surface area contributed by atoms with E-state index in [-0.39, 0.29) is 36.6 Å². The van der Waals surface area contributed by atoms with Crippen molar-refractivity contribution in [1.29, 1.82) is 0 Å². The molecule has 5 aliphatic rings. The van der Waals surface area contributed by atoms with Crippen molar-refractivity contribution >= 4 is 50.3 Å². The number of sulfonamides is 1. The van der Waals surface area contributed by atoms with Gasteiger partial charge in [0.25, 0.3) is 10.0 Å². The number of amides is 3. The second kappa shape index (κ2) is 8.58. The van der Waals surface area contributed by atoms with Gasteiger partial charge in [0, 0.05) is 55.6 Å². The van der Waals surface area contributed by atoms with Crippen molar-refractivity contribution < 1.29 is 18.0 Å². The fraction of sp³-hybridized carbons (Fsp3) is 0.577. The highest BCUT2D eigenvalue weighted by molar-refractivity contribution is 7.89. The number of amidine groups is 1. The second-order valence-electron chi connectivity index (χ2n) is 11.5. The first kappa shape index (κ1) is 25.2. The molecule has 1 aromatic carbocycles. The molecule has 1 N–H and O–H groups in total. The van der Waals surface area contributed by atoms with Crippen molar-refractivity contribution in [2.45, 2.75) is 48.3 Å². The third-order valence-corrected chi connectivity index (χ3v) is 11.2. The molecule has 0 bridgehead atoms. The topological polar surface area (TPSA) is 113 Å². The maximum Gasteiger partial charge on any atom is 0.322 e. The van der Waals surface area contributed by atoms with Crippen LogP contribution in [0.5, 0.6) is 0 Å². The molecule has 208 valence electrons. The summed E-state index contributed by atoms with van der Waals surface area (Å²) < 4.78 is 29.0. The molecule has 39 heavy (non-hydrogen) atoms. The van der Waals surface area contributed by atoms with Gasteiger partial charge in [-0.3, -0.25) is 14.7 Å². The van der Waals surface area contributed by atoms with E-state index in [0.717, 1.165) is 44.7 Å². The molecule has 6 heterocycles. The SMILES string of the molecule is CN1CC23CN(S(=O)(=O)c4cc5ccc(Cl)cc5[nH]4)CC(=O)N2CC2(CCN(C4=NCCCC4)CC2)N3C1=O. The summed E-state index contributed by atoms with van der Waals surface area (Å²) in [6.07, 6.45) is 4.69. The van der Waals surface area contributed by atoms with Crippen LogP contribution in [0.3, 0.4) is 0 Å². The van der Waals surface area contributed by atoms with Crippen LogP contribution in [0.4, 0.5) is 4.79 Å². The lowest BCUT2D eigenvalue weighted by Gasteiger charge is -2.48. The number of carbonyl (C=O) groups excluding carboxylic acids is 2. The molecule has 4 fully saturated rings. The lowest BCUT2D eigenvalue weighted by Crippen LogP contribution is -2.68. The fourth-order valence-electron chi connectivity index (χ4n) is 7.35. The number of urea groups is 1. The monoisotopic (exact) mass is 573 g/mol. The standard InChI is InChI=1S/C26H32ClN7O4S/c1-30-16-26-17-32(39(37,38)22-12-18-5-6-19(27)13-20(18)29-22)14-23(35)33(26)15-25(34(26)24(30)36)7-10-31(11-8-25)21-4-2-3-9-28-21/h5-6,12-13,29H,2-4,7-11,14-17H2,1H3. The van der Waals surface area contributed by atoms with Gasteiger partial charge in [-0.25, -0.2) is 13.2 Å². The summed E-state index contributed by atoms with van der Waals surface area (Å²) in [4.78, 5) is 42.7. The van der Waals surface area contributed by atoms with Gasteiger partial charge in [0.15, 0.2) is 5.66 Å². The van der Waals surface area contributed by atoms with Gasteiger partial charge in [0.2, 0.25) is 5.91 Å². The first-order valence-corrected chi connectivity index (χ1v) is 15.4. The number of rotatable bonds is 2. The maximum atomic E-state index is 13.9. The van der Waals surface area contributed by atoms with E-state index in [2.05, 4.69) is 9.88 Å². The van der Waals surface area contributed by atoms with Crippen molar-refractivity contribution in [1.82, 2.24) is 28.9 Å². The van der Waals surface area contributed by atoms with Crippen LogP contribution in [-0.2, 0) is 14.8 Å². The van der Waals surface area contributed by atoms with E-state index in [9.17, 15) is 18.0 Å². The van der Waals surface area contributed by atoms with Crippen LogP contribution in [0.15, 0.2) is 34.3 Å². The molecule has 1 aromatic heterocycles. The highest BCUT2D eigenvalue weighted by Gasteiger charge is 2.69. The summed E-state index contributed by atoms with van der Waals surface area (Å²) in [6.45, 7) is 2.88. The van der Waals surface area contributed by atoms with Gasteiger partial charge in [-0.15, -0.1) is 0 Å². The van der Waals surface area contributed by atoms with Gasteiger partial charge in [0.1, 0.15) is 5.03 Å². The molecule has 0 aliphatic carbocycles. The average Bonchev–Trinajstić information content (AvgIpc) is 3.54. The van der Waals surface area contributed by atoms with Crippen molar-refractivity contribution in [2.75, 3.05) is 52.9 Å². The number of aromatic amines is 1. The normalized spacial score (nSPS) is 27.5. The van der Waals surface area contributed by atoms with E-state index in [0.29, 0.717) is 35.3 Å². The number of piperazine rings is 1. The van der Waals surface area contributed by atoms with Crippen LogP contribution in [0.2, 0.25) is 5.02 Å². The number of aliphatic imine (C=N–C) groups is 1. The molecule has 4 saturated heterocycles. The largest absolute Gasteiger partial charge is 0.360 e. The molecule has 0 saturated carbocycles. The Balaban J connectivity index is 1.21. The van der Waals surface area contributed by atoms with Gasteiger partial charge in [0.05, 0.1) is 31.0 Å². The first-order valence-electron chi connectivity index (χ1n) is 13.6. The third kappa shape index (κ3) is 3.64. The van der Waals surface area contributed by atoms with Crippen LogP contribution in [0.1, 0.15) is 32.1 Å². The average molecular weight is 574 g/mol. The summed E-state index contributed by atoms with van der Waals surface area (Å²) in [6, 6.07) is 6.56. The number of likely N-dealkylation sites (N-methyl/N-ethyl adjacent to an activating group) is 1. The predicted octanol–water partition coefficient (Wildman–Crippen LogP) is 2.15. The predicted molar refractivity (Wildman–Crippen MR) is 146 cm³/mol. The number of likely N-dealkylation sites (tertiary alicyclic amines) is 1. The summed E-state index contributed by atoms with van der Waals surface area (Å²) in [5.41, 5.74) is -0.953. The van der Waals surface area contributed by atoms with Gasteiger partial charge in [-0.1, -0.05) is 17.7 Å². The number of halogens is 1. The van der Waals surface area contributed by atoms with E-state index in [1.807, 2.05) is 4.90 Å². The number of benzene rings is 1. The third-order valence-electron chi connectivity index (χ3n) is 9.24. The molecular formula is C26H32ClN7O4S. The van der Waals surface area contributed by atoms with Gasteiger partial charge >= 0.3 is 6.03 Å². The van der Waals surface area contributed by atoms with Gasteiger partial charge in [-0.2, -0.15) is 4.31 Å². The molecule has 1 atom stereocenters. The van der Waals surface area contributed by atoms with Gasteiger partial charge in [-0.05, 0) is 43.9 Å². The Morgan fingerprint density at radius 1 is 1.05 bits per heavy atom. The summed E-state index contributed by atoms with van der Waals surface area (Å²) in [5, 5.41) is 1.22. The van der Waals surface area contributed by atoms with E-state index < -0.39 is 21.2 Å². The molecule has 0 radical (unpaired) electrons. The fourth-order valence-corrected chi connectivity index (χ4v) is 8.98. The number of aromatic nitrogens is 1. The number of fused-ring (bicyclic) bond motifs is 2. The number of nitrogens with one attached hydrogen (secondary N) is 1. The molecule has 3 amide bonds. The van der Waals surface area contributed by atoms with Crippen LogP contribution in [-0.4, -0.2) is 119 Å². The molecule has 11 nitrogen and oxygen atoms in total. The highest BCUT2D eigenvalue weighted by Crippen LogP contribution is 2.50. The Bertz CT molecular complexity index is 1520. The molecular weight excluding hydrogens is 542 g/mol. The van der Waals surface area contributed by atoms with E-state index in [1.165, 1.54) is 4.31 Å². The Morgan fingerprint density at radius 3 is 2.59 bits per heavy atom. The number of hydrogen-bond donors (Lipinski definition) is 1. The zero-order valence-electron chi connectivity index (χ0n) is 21.9. The maximum absolute atomic E-state index is 13.9. The minimum atomic E-state index is -4.05. The Morgan fingerprint density at radius 2 is 1.85 bits per heavy atom. The summed E-state index contributed by atoms with van der Waals surface area (Å²) in [5.74, 6) is 0.882. The quantitative estimate of drug-likeness (QED) is 0.591. The number of piperidine rings is 1. The number of hydrogen-bond acceptors (Lipinski definition) is 6. The minimum Gasteiger partial charge on any atom is -0.360 e. The molecule has 2 aromatic rings. The Kier molecular flexibility index (Phi) is 5.54. The zero-order valence-corrected chi connectivity index (χ0v) is 23.5.